The summed E-state index contributed by atoms with van der Waals surface area (Å²) in [5, 5.41) is 2.11. The number of fused-ring (bicyclic) bond motifs is 2. The van der Waals surface area contributed by atoms with Gasteiger partial charge in [-0.3, -0.25) is 0 Å². The number of hydrogen-bond donors (Lipinski definition) is 1. The molecule has 0 amide bonds. The van der Waals surface area contributed by atoms with Crippen LogP contribution in [0.2, 0.25) is 0 Å². The minimum Gasteiger partial charge on any atom is -0.486 e. The molecule has 1 aliphatic heterocycles. The van der Waals surface area contributed by atoms with Gasteiger partial charge in [0.05, 0.1) is 6.04 Å². The van der Waals surface area contributed by atoms with E-state index >= 15 is 0 Å². The van der Waals surface area contributed by atoms with Gasteiger partial charge in [0.25, 0.3) is 0 Å². The van der Waals surface area contributed by atoms with Crippen LogP contribution in [0.25, 0.3) is 9.40 Å². The lowest BCUT2D eigenvalue weighted by Gasteiger charge is -2.20. The monoisotopic (exact) mass is 303 g/mol. The third kappa shape index (κ3) is 1.98. The van der Waals surface area contributed by atoms with Gasteiger partial charge in [0, 0.05) is 14.3 Å². The first kappa shape index (κ1) is 12.2. The van der Waals surface area contributed by atoms with Crippen LogP contribution in [-0.2, 0) is 0 Å². The molecule has 1 atom stereocenters. The van der Waals surface area contributed by atoms with Crippen LogP contribution in [0.4, 0.5) is 0 Å². The van der Waals surface area contributed by atoms with Gasteiger partial charge in [-0.2, -0.15) is 0 Å². The summed E-state index contributed by atoms with van der Waals surface area (Å²) in [6.45, 7) is 1.21. The molecule has 0 fully saturated rings. The summed E-state index contributed by atoms with van der Waals surface area (Å²) in [4.78, 5) is 1.18. The molecule has 4 rings (SSSR count). The van der Waals surface area contributed by atoms with Crippen molar-refractivity contribution in [1.29, 1.82) is 0 Å². The molecule has 2 aromatic heterocycles. The third-order valence-corrected chi connectivity index (χ3v) is 5.57. The maximum Gasteiger partial charge on any atom is 0.161 e. The summed E-state index contributed by atoms with van der Waals surface area (Å²) in [6, 6.07) is 10.2. The normalized spacial score (nSPS) is 15.4. The molecule has 0 saturated heterocycles. The van der Waals surface area contributed by atoms with Gasteiger partial charge in [-0.25, -0.2) is 0 Å². The molecule has 20 heavy (non-hydrogen) atoms. The number of nitrogens with two attached hydrogens (primary N) is 1. The molecule has 1 aromatic carbocycles. The molecule has 0 radical (unpaired) electrons. The first-order valence-corrected chi connectivity index (χ1v) is 8.13. The van der Waals surface area contributed by atoms with E-state index in [1.165, 1.54) is 14.3 Å². The third-order valence-electron chi connectivity index (χ3n) is 3.39. The van der Waals surface area contributed by atoms with Crippen molar-refractivity contribution in [2.45, 2.75) is 6.04 Å². The first-order chi connectivity index (χ1) is 9.81. The Morgan fingerprint density at radius 3 is 2.70 bits per heavy atom. The maximum absolute atomic E-state index is 6.39. The minimum absolute atomic E-state index is 0.115. The van der Waals surface area contributed by atoms with E-state index in [-0.39, 0.29) is 6.04 Å². The van der Waals surface area contributed by atoms with Crippen molar-refractivity contribution in [2.75, 3.05) is 13.2 Å². The lowest BCUT2D eigenvalue weighted by Crippen LogP contribution is -2.16. The zero-order valence-corrected chi connectivity index (χ0v) is 12.3. The van der Waals surface area contributed by atoms with E-state index < -0.39 is 0 Å². The highest BCUT2D eigenvalue weighted by molar-refractivity contribution is 7.27. The van der Waals surface area contributed by atoms with Crippen molar-refractivity contribution in [3.05, 3.63) is 46.2 Å². The molecule has 3 aromatic rings. The fourth-order valence-corrected chi connectivity index (χ4v) is 4.50. The van der Waals surface area contributed by atoms with Crippen LogP contribution in [0.15, 0.2) is 35.7 Å². The van der Waals surface area contributed by atoms with Crippen LogP contribution in [0, 0.1) is 0 Å². The van der Waals surface area contributed by atoms with Gasteiger partial charge in [-0.15, -0.1) is 22.7 Å². The Labute approximate surface area is 124 Å². The molecule has 0 bridgehead atoms. The number of ether oxygens (including phenoxy) is 2. The van der Waals surface area contributed by atoms with Crippen molar-refractivity contribution in [3.63, 3.8) is 0 Å². The average Bonchev–Trinajstić information content (AvgIpc) is 3.07. The predicted molar refractivity (Wildman–Crippen MR) is 83.2 cm³/mol. The van der Waals surface area contributed by atoms with E-state index in [1.807, 2.05) is 18.2 Å². The maximum atomic E-state index is 6.39. The van der Waals surface area contributed by atoms with E-state index in [2.05, 4.69) is 17.5 Å². The molecular formula is C15H13NO2S2. The predicted octanol–water partition coefficient (Wildman–Crippen LogP) is 3.78. The Bertz CT molecular complexity index is 734. The lowest BCUT2D eigenvalue weighted by molar-refractivity contribution is 0.171. The van der Waals surface area contributed by atoms with Gasteiger partial charge >= 0.3 is 0 Å². The molecule has 0 spiro atoms. The Morgan fingerprint density at radius 1 is 1.00 bits per heavy atom. The van der Waals surface area contributed by atoms with Crippen molar-refractivity contribution in [3.8, 4) is 11.5 Å². The van der Waals surface area contributed by atoms with Crippen molar-refractivity contribution in [2.24, 2.45) is 5.73 Å². The largest absolute Gasteiger partial charge is 0.486 e. The summed E-state index contributed by atoms with van der Waals surface area (Å²) in [5.74, 6) is 1.60. The number of thiophene rings is 2. The van der Waals surface area contributed by atoms with E-state index in [9.17, 15) is 0 Å². The van der Waals surface area contributed by atoms with Crippen LogP contribution < -0.4 is 15.2 Å². The fourth-order valence-electron chi connectivity index (χ4n) is 2.36. The Hall–Kier alpha value is -1.56. The molecule has 5 heteroatoms. The van der Waals surface area contributed by atoms with E-state index in [0.29, 0.717) is 13.2 Å². The van der Waals surface area contributed by atoms with Gasteiger partial charge in [0.1, 0.15) is 13.2 Å². The molecule has 102 valence electrons. The number of benzene rings is 1. The fraction of sp³-hybridized carbons (Fsp3) is 0.200. The first-order valence-electron chi connectivity index (χ1n) is 6.43. The van der Waals surface area contributed by atoms with Crippen molar-refractivity contribution >= 4 is 32.1 Å². The minimum atomic E-state index is -0.115. The van der Waals surface area contributed by atoms with Crippen molar-refractivity contribution in [1.82, 2.24) is 0 Å². The summed E-state index contributed by atoms with van der Waals surface area (Å²) >= 11 is 3.51. The molecule has 0 saturated carbocycles. The molecule has 3 heterocycles. The van der Waals surface area contributed by atoms with Gasteiger partial charge in [0.15, 0.2) is 11.5 Å². The Balaban J connectivity index is 1.70. The smallest absolute Gasteiger partial charge is 0.161 e. The van der Waals surface area contributed by atoms with Crippen LogP contribution in [-0.4, -0.2) is 13.2 Å². The quantitative estimate of drug-likeness (QED) is 0.783. The number of hydrogen-bond acceptors (Lipinski definition) is 5. The summed E-state index contributed by atoms with van der Waals surface area (Å²) in [6.07, 6.45) is 0. The second-order valence-corrected chi connectivity index (χ2v) is 6.74. The van der Waals surface area contributed by atoms with E-state index in [1.54, 1.807) is 22.7 Å². The summed E-state index contributed by atoms with van der Waals surface area (Å²) in [5.41, 5.74) is 7.45. The average molecular weight is 303 g/mol. The standard InChI is InChI=1S/C15H13NO2S2/c16-15(14-8-13-12(20-14)3-6-19-13)9-1-2-10-11(7-9)18-5-4-17-10/h1-3,6-8,15H,4-5,16H2. The SMILES string of the molecule is NC(c1ccc2c(c1)OCCO2)c1cc2sccc2s1. The van der Waals surface area contributed by atoms with Gasteiger partial charge in [-0.05, 0) is 35.2 Å². The van der Waals surface area contributed by atoms with Crippen molar-refractivity contribution < 1.29 is 9.47 Å². The highest BCUT2D eigenvalue weighted by atomic mass is 32.1. The second kappa shape index (κ2) is 4.77. The zero-order chi connectivity index (χ0) is 13.5. The highest BCUT2D eigenvalue weighted by Crippen LogP contribution is 2.37. The Morgan fingerprint density at radius 2 is 1.85 bits per heavy atom. The van der Waals surface area contributed by atoms with Crippen LogP contribution >= 0.6 is 22.7 Å². The van der Waals surface area contributed by atoms with Crippen LogP contribution in [0.3, 0.4) is 0 Å². The second-order valence-electron chi connectivity index (χ2n) is 4.68. The van der Waals surface area contributed by atoms with Gasteiger partial charge < -0.3 is 15.2 Å². The molecule has 1 unspecified atom stereocenters. The molecule has 1 aliphatic rings. The summed E-state index contributed by atoms with van der Waals surface area (Å²) < 4.78 is 13.8. The highest BCUT2D eigenvalue weighted by Gasteiger charge is 2.17. The molecule has 2 N–H and O–H groups in total. The molecular weight excluding hydrogens is 290 g/mol. The topological polar surface area (TPSA) is 44.5 Å². The lowest BCUT2D eigenvalue weighted by atomic mass is 10.1. The van der Waals surface area contributed by atoms with E-state index in [4.69, 9.17) is 15.2 Å². The van der Waals surface area contributed by atoms with E-state index in [0.717, 1.165) is 17.1 Å². The molecule has 3 nitrogen and oxygen atoms in total. The summed E-state index contributed by atoms with van der Waals surface area (Å²) in [7, 11) is 0. The zero-order valence-electron chi connectivity index (χ0n) is 10.7. The molecule has 0 aliphatic carbocycles. The van der Waals surface area contributed by atoms with Crippen LogP contribution in [0.5, 0.6) is 11.5 Å². The van der Waals surface area contributed by atoms with Gasteiger partial charge in [-0.1, -0.05) is 6.07 Å². The van der Waals surface area contributed by atoms with Gasteiger partial charge in [0.2, 0.25) is 0 Å². The van der Waals surface area contributed by atoms with Crippen LogP contribution in [0.1, 0.15) is 16.5 Å². The number of rotatable bonds is 2. The Kier molecular flexibility index (Phi) is 2.91.